The van der Waals surface area contributed by atoms with Gasteiger partial charge in [0, 0.05) is 24.1 Å². The molecule has 12 heteroatoms. The highest BCUT2D eigenvalue weighted by atomic mass is 19.4. The Balaban J connectivity index is 1.45. The number of H-pyrrole nitrogens is 1. The standard InChI is InChI=1S/C23H18F5N7/c24-22(25,23(26,27)28)18-11-19(31-20(30-18)15-7-8-15)29-12-13-6-9-16(14-4-2-1-3-5-14)17(10-13)21-32-34-35-33-21/h1-6,9-11,15H,7-8,12H2,(H,29,30,31)(H,32,33,34,35). The lowest BCUT2D eigenvalue weighted by atomic mass is 9.97. The van der Waals surface area contributed by atoms with Gasteiger partial charge in [0.05, 0.1) is 0 Å². The average molecular weight is 487 g/mol. The lowest BCUT2D eigenvalue weighted by Gasteiger charge is -2.20. The van der Waals surface area contributed by atoms with Gasteiger partial charge in [0.25, 0.3) is 0 Å². The van der Waals surface area contributed by atoms with E-state index in [2.05, 4.69) is 35.9 Å². The number of hydrogen-bond acceptors (Lipinski definition) is 6. The SMILES string of the molecule is FC(F)(F)C(F)(F)c1cc(NCc2ccc(-c3ccccc3)c(-c3nn[nH]n3)c2)nc(C2CC2)n1. The van der Waals surface area contributed by atoms with Crippen LogP contribution < -0.4 is 5.32 Å². The van der Waals surface area contributed by atoms with Crippen molar-refractivity contribution in [2.24, 2.45) is 0 Å². The largest absolute Gasteiger partial charge is 0.459 e. The van der Waals surface area contributed by atoms with Gasteiger partial charge in [0.2, 0.25) is 5.82 Å². The van der Waals surface area contributed by atoms with Gasteiger partial charge in [0.15, 0.2) is 0 Å². The third-order valence-corrected chi connectivity index (χ3v) is 5.59. The van der Waals surface area contributed by atoms with Crippen LogP contribution in [0, 0.1) is 0 Å². The number of tetrazole rings is 1. The minimum Gasteiger partial charge on any atom is -0.366 e. The molecule has 1 aliphatic carbocycles. The van der Waals surface area contributed by atoms with Crippen molar-refractivity contribution < 1.29 is 22.0 Å². The molecule has 1 fully saturated rings. The minimum atomic E-state index is -5.76. The molecule has 5 rings (SSSR count). The van der Waals surface area contributed by atoms with Gasteiger partial charge in [-0.05, 0) is 40.8 Å². The Kier molecular flexibility index (Phi) is 5.65. The fourth-order valence-corrected chi connectivity index (χ4v) is 3.61. The Bertz CT molecular complexity index is 1320. The molecule has 4 aromatic rings. The molecule has 1 aliphatic rings. The van der Waals surface area contributed by atoms with Crippen molar-refractivity contribution in [1.82, 2.24) is 30.6 Å². The van der Waals surface area contributed by atoms with E-state index in [4.69, 9.17) is 0 Å². The number of rotatable bonds is 7. The summed E-state index contributed by atoms with van der Waals surface area (Å²) >= 11 is 0. The van der Waals surface area contributed by atoms with Crippen LogP contribution in [0.1, 0.15) is 35.8 Å². The quantitative estimate of drug-likeness (QED) is 0.336. The molecule has 0 bridgehead atoms. The summed E-state index contributed by atoms with van der Waals surface area (Å²) in [5, 5.41) is 17.0. The first-order valence-electron chi connectivity index (χ1n) is 10.7. The molecule has 0 atom stereocenters. The highest BCUT2D eigenvalue weighted by Crippen LogP contribution is 2.45. The number of nitrogens with one attached hydrogen (secondary N) is 2. The molecule has 2 N–H and O–H groups in total. The molecular weight excluding hydrogens is 469 g/mol. The Hall–Kier alpha value is -3.96. The summed E-state index contributed by atoms with van der Waals surface area (Å²) in [5.74, 6) is -5.06. The Morgan fingerprint density at radius 2 is 1.69 bits per heavy atom. The topological polar surface area (TPSA) is 92.3 Å². The number of aromatic nitrogens is 6. The molecule has 0 spiro atoms. The first-order chi connectivity index (χ1) is 16.7. The van der Waals surface area contributed by atoms with Crippen molar-refractivity contribution in [1.29, 1.82) is 0 Å². The molecule has 7 nitrogen and oxygen atoms in total. The average Bonchev–Trinajstić information content (AvgIpc) is 3.56. The molecular formula is C23H18F5N7. The maximum atomic E-state index is 14.0. The zero-order chi connectivity index (χ0) is 24.6. The number of benzene rings is 2. The van der Waals surface area contributed by atoms with Gasteiger partial charge in [-0.3, -0.25) is 0 Å². The number of aromatic amines is 1. The second-order valence-corrected chi connectivity index (χ2v) is 8.18. The minimum absolute atomic E-state index is 0.0131. The number of anilines is 1. The molecule has 2 aromatic carbocycles. The van der Waals surface area contributed by atoms with Crippen LogP contribution in [0.3, 0.4) is 0 Å². The number of hydrogen-bond donors (Lipinski definition) is 2. The molecule has 1 saturated carbocycles. The van der Waals surface area contributed by atoms with E-state index in [1.807, 2.05) is 42.5 Å². The monoisotopic (exact) mass is 487 g/mol. The van der Waals surface area contributed by atoms with Crippen molar-refractivity contribution in [3.63, 3.8) is 0 Å². The lowest BCUT2D eigenvalue weighted by molar-refractivity contribution is -0.291. The summed E-state index contributed by atoms with van der Waals surface area (Å²) in [6.07, 6.45) is -4.46. The summed E-state index contributed by atoms with van der Waals surface area (Å²) in [4.78, 5) is 7.71. The van der Waals surface area contributed by atoms with Gasteiger partial charge in [-0.1, -0.05) is 42.5 Å². The molecule has 0 saturated heterocycles. The summed E-state index contributed by atoms with van der Waals surface area (Å²) in [7, 11) is 0. The third kappa shape index (κ3) is 4.68. The first kappa shape index (κ1) is 22.8. The van der Waals surface area contributed by atoms with Crippen molar-refractivity contribution in [3.8, 4) is 22.5 Å². The Labute approximate surface area is 195 Å². The van der Waals surface area contributed by atoms with Crippen LogP contribution in [-0.4, -0.2) is 36.8 Å². The number of nitrogens with zero attached hydrogens (tertiary/aromatic N) is 5. The molecule has 180 valence electrons. The molecule has 0 aliphatic heterocycles. The summed E-state index contributed by atoms with van der Waals surface area (Å²) in [5.41, 5.74) is 1.79. The van der Waals surface area contributed by atoms with E-state index in [0.29, 0.717) is 35.9 Å². The van der Waals surface area contributed by atoms with E-state index in [0.717, 1.165) is 11.1 Å². The van der Waals surface area contributed by atoms with Gasteiger partial charge < -0.3 is 5.32 Å². The van der Waals surface area contributed by atoms with Gasteiger partial charge in [0.1, 0.15) is 17.3 Å². The van der Waals surface area contributed by atoms with Crippen molar-refractivity contribution >= 4 is 5.82 Å². The lowest BCUT2D eigenvalue weighted by Crippen LogP contribution is -2.35. The maximum absolute atomic E-state index is 14.0. The van der Waals surface area contributed by atoms with Crippen LogP contribution in [0.25, 0.3) is 22.5 Å². The molecule has 2 aromatic heterocycles. The zero-order valence-electron chi connectivity index (χ0n) is 18.0. The Morgan fingerprint density at radius 1 is 0.914 bits per heavy atom. The van der Waals surface area contributed by atoms with Crippen LogP contribution >= 0.6 is 0 Å². The van der Waals surface area contributed by atoms with Gasteiger partial charge in [-0.25, -0.2) is 9.97 Å². The fraction of sp³-hybridized carbons (Fsp3) is 0.261. The Morgan fingerprint density at radius 3 is 2.34 bits per heavy atom. The van der Waals surface area contributed by atoms with Crippen LogP contribution in [0.15, 0.2) is 54.6 Å². The van der Waals surface area contributed by atoms with Crippen LogP contribution in [0.5, 0.6) is 0 Å². The van der Waals surface area contributed by atoms with Crippen molar-refractivity contribution in [3.05, 3.63) is 71.7 Å². The second-order valence-electron chi connectivity index (χ2n) is 8.18. The molecule has 35 heavy (non-hydrogen) atoms. The summed E-state index contributed by atoms with van der Waals surface area (Å²) in [6, 6.07) is 15.7. The van der Waals surface area contributed by atoms with Crippen molar-refractivity contribution in [2.75, 3.05) is 5.32 Å². The highest BCUT2D eigenvalue weighted by Gasteiger charge is 2.60. The normalized spacial score (nSPS) is 14.2. The van der Waals surface area contributed by atoms with E-state index >= 15 is 0 Å². The van der Waals surface area contributed by atoms with Gasteiger partial charge in [-0.2, -0.15) is 27.2 Å². The van der Waals surface area contributed by atoms with E-state index in [9.17, 15) is 22.0 Å². The fourth-order valence-electron chi connectivity index (χ4n) is 3.61. The second kappa shape index (κ2) is 8.67. The van der Waals surface area contributed by atoms with Crippen LogP contribution in [0.2, 0.25) is 0 Å². The summed E-state index contributed by atoms with van der Waals surface area (Å²) < 4.78 is 66.9. The molecule has 2 heterocycles. The summed E-state index contributed by atoms with van der Waals surface area (Å²) in [6.45, 7) is 0.109. The molecule has 0 radical (unpaired) electrons. The first-order valence-corrected chi connectivity index (χ1v) is 10.7. The number of alkyl halides is 5. The smallest absolute Gasteiger partial charge is 0.366 e. The predicted molar refractivity (Wildman–Crippen MR) is 116 cm³/mol. The zero-order valence-corrected chi connectivity index (χ0v) is 18.0. The van der Waals surface area contributed by atoms with Gasteiger partial charge in [-0.15, -0.1) is 10.2 Å². The van der Waals surface area contributed by atoms with Crippen molar-refractivity contribution in [2.45, 2.75) is 37.4 Å². The molecule has 0 unspecified atom stereocenters. The van der Waals surface area contributed by atoms with Gasteiger partial charge >= 0.3 is 12.1 Å². The predicted octanol–water partition coefficient (Wildman–Crippen LogP) is 5.47. The van der Waals surface area contributed by atoms with Crippen LogP contribution in [0.4, 0.5) is 27.8 Å². The third-order valence-electron chi connectivity index (χ3n) is 5.59. The molecule has 0 amide bonds. The number of halogens is 5. The van der Waals surface area contributed by atoms with E-state index < -0.39 is 17.8 Å². The van der Waals surface area contributed by atoms with E-state index in [1.54, 1.807) is 6.07 Å². The van der Waals surface area contributed by atoms with E-state index in [-0.39, 0.29) is 24.1 Å². The van der Waals surface area contributed by atoms with E-state index in [1.165, 1.54) is 0 Å². The highest BCUT2D eigenvalue weighted by molar-refractivity contribution is 5.80. The maximum Gasteiger partial charge on any atom is 0.459 e. The van der Waals surface area contributed by atoms with Crippen LogP contribution in [-0.2, 0) is 12.5 Å².